The van der Waals surface area contributed by atoms with Gasteiger partial charge in [0.15, 0.2) is 0 Å². The molecule has 5 nitrogen and oxygen atoms in total. The molecule has 1 saturated heterocycles. The normalized spacial score (nSPS) is 21.1. The molecule has 0 radical (unpaired) electrons. The number of carbonyl (C=O) groups is 1. The van der Waals surface area contributed by atoms with Gasteiger partial charge in [-0.05, 0) is 50.4 Å². The van der Waals surface area contributed by atoms with Gasteiger partial charge >= 0.3 is 0 Å². The number of carbonyl (C=O) groups excluding carboxylic acids is 1. The van der Waals surface area contributed by atoms with Crippen molar-refractivity contribution < 1.29 is 4.79 Å². The van der Waals surface area contributed by atoms with Gasteiger partial charge in [-0.3, -0.25) is 4.79 Å². The van der Waals surface area contributed by atoms with Crippen LogP contribution in [0, 0.1) is 0 Å². The van der Waals surface area contributed by atoms with Crippen molar-refractivity contribution >= 4 is 22.6 Å². The smallest absolute Gasteiger partial charge is 0.225 e. The molecule has 1 atom stereocenters. The summed E-state index contributed by atoms with van der Waals surface area (Å²) in [7, 11) is 0. The van der Waals surface area contributed by atoms with E-state index in [4.69, 9.17) is 4.98 Å². The SMILES string of the molecule is O=C(CC1CCCN1)Nc1ccc2c(c1)nc1n2CCCCC1. The lowest BCUT2D eigenvalue weighted by molar-refractivity contribution is -0.116. The van der Waals surface area contributed by atoms with Crippen molar-refractivity contribution in [1.29, 1.82) is 0 Å². The van der Waals surface area contributed by atoms with Crippen LogP contribution in [0.25, 0.3) is 11.0 Å². The zero-order valence-corrected chi connectivity index (χ0v) is 13.5. The third-order valence-electron chi connectivity index (χ3n) is 4.99. The summed E-state index contributed by atoms with van der Waals surface area (Å²) in [6.45, 7) is 2.09. The molecule has 1 amide bonds. The van der Waals surface area contributed by atoms with E-state index in [0.717, 1.165) is 37.1 Å². The van der Waals surface area contributed by atoms with Crippen LogP contribution < -0.4 is 10.6 Å². The molecule has 2 N–H and O–H groups in total. The molecule has 1 fully saturated rings. The molecule has 5 heteroatoms. The number of hydrogen-bond donors (Lipinski definition) is 2. The second-order valence-electron chi connectivity index (χ2n) is 6.74. The van der Waals surface area contributed by atoms with Crippen LogP contribution in [0.4, 0.5) is 5.69 Å². The fraction of sp³-hybridized carbons (Fsp3) is 0.556. The summed E-state index contributed by atoms with van der Waals surface area (Å²) >= 11 is 0. The van der Waals surface area contributed by atoms with E-state index in [1.807, 2.05) is 12.1 Å². The van der Waals surface area contributed by atoms with Gasteiger partial charge in [0.25, 0.3) is 0 Å². The molecule has 2 aliphatic heterocycles. The van der Waals surface area contributed by atoms with Gasteiger partial charge in [-0.1, -0.05) is 6.42 Å². The highest BCUT2D eigenvalue weighted by atomic mass is 16.1. The zero-order chi connectivity index (χ0) is 15.6. The van der Waals surface area contributed by atoms with Gasteiger partial charge < -0.3 is 15.2 Å². The van der Waals surface area contributed by atoms with E-state index in [2.05, 4.69) is 21.3 Å². The number of nitrogens with one attached hydrogen (secondary N) is 2. The third kappa shape index (κ3) is 3.11. The first-order valence-corrected chi connectivity index (χ1v) is 8.82. The Morgan fingerprint density at radius 1 is 1.30 bits per heavy atom. The number of amides is 1. The third-order valence-corrected chi connectivity index (χ3v) is 4.99. The number of aryl methyl sites for hydroxylation is 2. The Balaban J connectivity index is 1.51. The fourth-order valence-electron chi connectivity index (χ4n) is 3.79. The lowest BCUT2D eigenvalue weighted by Gasteiger charge is -2.10. The Bertz CT molecular complexity index is 715. The van der Waals surface area contributed by atoms with Crippen LogP contribution in [0.1, 0.15) is 44.3 Å². The van der Waals surface area contributed by atoms with Crippen LogP contribution in [0.3, 0.4) is 0 Å². The Morgan fingerprint density at radius 3 is 3.13 bits per heavy atom. The van der Waals surface area contributed by atoms with E-state index >= 15 is 0 Å². The first-order chi connectivity index (χ1) is 11.3. The summed E-state index contributed by atoms with van der Waals surface area (Å²) < 4.78 is 2.34. The first-order valence-electron chi connectivity index (χ1n) is 8.82. The highest BCUT2D eigenvalue weighted by molar-refractivity contribution is 5.93. The minimum atomic E-state index is 0.0875. The molecule has 3 heterocycles. The Morgan fingerprint density at radius 2 is 2.26 bits per heavy atom. The maximum absolute atomic E-state index is 12.2. The summed E-state index contributed by atoms with van der Waals surface area (Å²) in [5.74, 6) is 1.28. The number of benzene rings is 1. The molecule has 1 unspecified atom stereocenters. The standard InChI is InChI=1S/C18H24N4O/c23-18(12-13-5-4-9-19-13)20-14-7-8-16-15(11-14)21-17-6-2-1-3-10-22(16)17/h7-8,11,13,19H,1-6,9-10,12H2,(H,20,23). The second-order valence-corrected chi connectivity index (χ2v) is 6.74. The van der Waals surface area contributed by atoms with E-state index in [1.165, 1.54) is 37.0 Å². The van der Waals surface area contributed by atoms with E-state index < -0.39 is 0 Å². The number of fused-ring (bicyclic) bond motifs is 3. The summed E-state index contributed by atoms with van der Waals surface area (Å²) in [4.78, 5) is 17.0. The maximum Gasteiger partial charge on any atom is 0.225 e. The number of hydrogen-bond acceptors (Lipinski definition) is 3. The average Bonchev–Trinajstić information content (AvgIpc) is 3.09. The van der Waals surface area contributed by atoms with Crippen molar-refractivity contribution in [3.63, 3.8) is 0 Å². The average molecular weight is 312 g/mol. The molecular weight excluding hydrogens is 288 g/mol. The van der Waals surface area contributed by atoms with E-state index in [0.29, 0.717) is 12.5 Å². The number of aromatic nitrogens is 2. The van der Waals surface area contributed by atoms with Gasteiger partial charge in [0, 0.05) is 31.1 Å². The van der Waals surface area contributed by atoms with Gasteiger partial charge in [0.05, 0.1) is 11.0 Å². The lowest BCUT2D eigenvalue weighted by Crippen LogP contribution is -2.27. The van der Waals surface area contributed by atoms with Crippen molar-refractivity contribution in [2.45, 2.75) is 57.5 Å². The van der Waals surface area contributed by atoms with Crippen molar-refractivity contribution in [2.24, 2.45) is 0 Å². The van der Waals surface area contributed by atoms with Crippen LogP contribution in [-0.2, 0) is 17.8 Å². The first kappa shape index (κ1) is 14.7. The summed E-state index contributed by atoms with van der Waals surface area (Å²) in [5.41, 5.74) is 3.05. The van der Waals surface area contributed by atoms with Gasteiger partial charge in [-0.2, -0.15) is 0 Å². The Hall–Kier alpha value is -1.88. The van der Waals surface area contributed by atoms with Gasteiger partial charge in [-0.15, -0.1) is 0 Å². The van der Waals surface area contributed by atoms with E-state index in [9.17, 15) is 4.79 Å². The highest BCUT2D eigenvalue weighted by Gasteiger charge is 2.18. The monoisotopic (exact) mass is 312 g/mol. The molecule has 23 heavy (non-hydrogen) atoms. The van der Waals surface area contributed by atoms with Gasteiger partial charge in [-0.25, -0.2) is 4.98 Å². The van der Waals surface area contributed by atoms with E-state index in [-0.39, 0.29) is 5.91 Å². The van der Waals surface area contributed by atoms with E-state index in [1.54, 1.807) is 0 Å². The Kier molecular flexibility index (Phi) is 4.04. The predicted octanol–water partition coefficient (Wildman–Crippen LogP) is 2.84. The largest absolute Gasteiger partial charge is 0.328 e. The number of nitrogens with zero attached hydrogens (tertiary/aromatic N) is 2. The highest BCUT2D eigenvalue weighted by Crippen LogP contribution is 2.24. The molecule has 2 aliphatic rings. The number of imidazole rings is 1. The predicted molar refractivity (Wildman–Crippen MR) is 91.6 cm³/mol. The van der Waals surface area contributed by atoms with Crippen LogP contribution in [0.15, 0.2) is 18.2 Å². The molecule has 1 aromatic carbocycles. The van der Waals surface area contributed by atoms with Gasteiger partial charge in [0.1, 0.15) is 5.82 Å². The molecule has 122 valence electrons. The molecule has 0 spiro atoms. The maximum atomic E-state index is 12.2. The second kappa shape index (κ2) is 6.32. The topological polar surface area (TPSA) is 59.0 Å². The quantitative estimate of drug-likeness (QED) is 0.916. The molecule has 0 aliphatic carbocycles. The zero-order valence-electron chi connectivity index (χ0n) is 13.5. The number of rotatable bonds is 3. The van der Waals surface area contributed by atoms with Crippen molar-refractivity contribution in [3.8, 4) is 0 Å². The molecule has 2 aromatic rings. The molecule has 0 saturated carbocycles. The summed E-state index contributed by atoms with van der Waals surface area (Å²) in [5, 5.41) is 6.39. The Labute approximate surface area is 136 Å². The molecule has 4 rings (SSSR count). The molecule has 0 bridgehead atoms. The molecular formula is C18H24N4O. The summed E-state index contributed by atoms with van der Waals surface area (Å²) in [6, 6.07) is 6.45. The fourth-order valence-corrected chi connectivity index (χ4v) is 3.79. The van der Waals surface area contributed by atoms with Crippen LogP contribution in [0.5, 0.6) is 0 Å². The van der Waals surface area contributed by atoms with Crippen molar-refractivity contribution in [3.05, 3.63) is 24.0 Å². The van der Waals surface area contributed by atoms with Crippen LogP contribution >= 0.6 is 0 Å². The number of anilines is 1. The van der Waals surface area contributed by atoms with Crippen molar-refractivity contribution in [1.82, 2.24) is 14.9 Å². The summed E-state index contributed by atoms with van der Waals surface area (Å²) in [6.07, 6.45) is 7.62. The molecule has 1 aromatic heterocycles. The van der Waals surface area contributed by atoms with Crippen LogP contribution in [-0.4, -0.2) is 28.0 Å². The van der Waals surface area contributed by atoms with Crippen molar-refractivity contribution in [2.75, 3.05) is 11.9 Å². The lowest BCUT2D eigenvalue weighted by atomic mass is 10.1. The minimum Gasteiger partial charge on any atom is -0.328 e. The van der Waals surface area contributed by atoms with Gasteiger partial charge in [0.2, 0.25) is 5.91 Å². The minimum absolute atomic E-state index is 0.0875. The van der Waals surface area contributed by atoms with Crippen LogP contribution in [0.2, 0.25) is 0 Å².